The maximum Gasteiger partial charge on any atom is 0.191 e. The molecule has 1 rings (SSSR count). The van der Waals surface area contributed by atoms with E-state index in [4.69, 9.17) is 9.47 Å². The monoisotopic (exact) mass is 325 g/mol. The van der Waals surface area contributed by atoms with Gasteiger partial charge < -0.3 is 20.1 Å². The Hall–Kier alpha value is -1.56. The normalized spacial score (nSPS) is 12.6. The molecule has 0 aliphatic heterocycles. The molecule has 0 aromatic heterocycles. The second-order valence-electron chi connectivity index (χ2n) is 4.81. The van der Waals surface area contributed by atoms with Gasteiger partial charge in [0.1, 0.15) is 6.10 Å². The minimum absolute atomic E-state index is 0.000970. The molecular formula is C16H27N3O2S. The molecule has 1 aromatic rings. The van der Waals surface area contributed by atoms with Gasteiger partial charge >= 0.3 is 0 Å². The van der Waals surface area contributed by atoms with Crippen molar-refractivity contribution in [2.45, 2.75) is 19.4 Å². The van der Waals surface area contributed by atoms with E-state index in [2.05, 4.69) is 21.9 Å². The molecule has 0 amide bonds. The number of nitrogens with zero attached hydrogens (tertiary/aromatic N) is 1. The van der Waals surface area contributed by atoms with Gasteiger partial charge in [-0.3, -0.25) is 4.99 Å². The lowest BCUT2D eigenvalue weighted by Gasteiger charge is -2.19. The molecular weight excluding hydrogens is 298 g/mol. The third-order valence-corrected chi connectivity index (χ3v) is 3.69. The van der Waals surface area contributed by atoms with Crippen LogP contribution in [0.15, 0.2) is 29.3 Å². The number of methoxy groups -OCH3 is 1. The topological polar surface area (TPSA) is 54.9 Å². The first-order chi connectivity index (χ1) is 10.7. The van der Waals surface area contributed by atoms with Crippen LogP contribution in [-0.2, 0) is 0 Å². The summed E-state index contributed by atoms with van der Waals surface area (Å²) in [7, 11) is 3.42. The van der Waals surface area contributed by atoms with Crippen molar-refractivity contribution >= 4 is 17.7 Å². The Bertz CT molecular complexity index is 455. The van der Waals surface area contributed by atoms with Crippen molar-refractivity contribution in [3.05, 3.63) is 24.3 Å². The lowest BCUT2D eigenvalue weighted by Crippen LogP contribution is -2.42. The first-order valence-corrected chi connectivity index (χ1v) is 8.83. The van der Waals surface area contributed by atoms with Crippen molar-refractivity contribution in [2.24, 2.45) is 4.99 Å². The van der Waals surface area contributed by atoms with Crippen molar-refractivity contribution in [1.29, 1.82) is 0 Å². The van der Waals surface area contributed by atoms with E-state index in [1.54, 1.807) is 14.2 Å². The van der Waals surface area contributed by atoms with Crippen LogP contribution in [0.25, 0.3) is 0 Å². The molecule has 1 aromatic carbocycles. The smallest absolute Gasteiger partial charge is 0.191 e. The minimum Gasteiger partial charge on any atom is -0.493 e. The van der Waals surface area contributed by atoms with Gasteiger partial charge in [0, 0.05) is 13.6 Å². The molecule has 6 heteroatoms. The van der Waals surface area contributed by atoms with E-state index in [-0.39, 0.29) is 6.10 Å². The van der Waals surface area contributed by atoms with Crippen molar-refractivity contribution in [3.8, 4) is 11.5 Å². The molecule has 0 radical (unpaired) electrons. The number of rotatable bonds is 9. The molecule has 0 aliphatic rings. The van der Waals surface area contributed by atoms with Crippen LogP contribution in [0.2, 0.25) is 0 Å². The Morgan fingerprint density at radius 1 is 1.27 bits per heavy atom. The molecule has 0 bridgehead atoms. The third-order valence-electron chi connectivity index (χ3n) is 3.00. The van der Waals surface area contributed by atoms with E-state index in [9.17, 15) is 0 Å². The molecule has 1 unspecified atom stereocenters. The molecule has 0 heterocycles. The van der Waals surface area contributed by atoms with Gasteiger partial charge in [-0.25, -0.2) is 0 Å². The summed E-state index contributed by atoms with van der Waals surface area (Å²) in [5.74, 6) is 3.45. The molecule has 1 atom stereocenters. The van der Waals surface area contributed by atoms with Gasteiger partial charge in [-0.05, 0) is 37.5 Å². The number of thioether (sulfide) groups is 1. The maximum atomic E-state index is 5.90. The molecule has 0 aliphatic carbocycles. The zero-order chi connectivity index (χ0) is 16.2. The fourth-order valence-corrected chi connectivity index (χ4v) is 2.29. The minimum atomic E-state index is 0.000970. The van der Waals surface area contributed by atoms with Crippen LogP contribution in [0.5, 0.6) is 11.5 Å². The Labute approximate surface area is 137 Å². The fourth-order valence-electron chi connectivity index (χ4n) is 1.86. The zero-order valence-electron chi connectivity index (χ0n) is 13.9. The number of aliphatic imine (C=N–C) groups is 1. The maximum absolute atomic E-state index is 5.90. The molecule has 2 N–H and O–H groups in total. The summed E-state index contributed by atoms with van der Waals surface area (Å²) < 4.78 is 11.2. The van der Waals surface area contributed by atoms with Crippen LogP contribution in [0.4, 0.5) is 0 Å². The standard InChI is InChI=1S/C16H27N3O2S/c1-13(21-15-9-6-5-8-14(15)20-3)12-19-16(17-2)18-10-7-11-22-4/h5-6,8-9,13H,7,10-12H2,1-4H3,(H2,17,18,19). The van der Waals surface area contributed by atoms with Gasteiger partial charge in [0.05, 0.1) is 13.7 Å². The van der Waals surface area contributed by atoms with E-state index in [1.807, 2.05) is 43.0 Å². The second kappa shape index (κ2) is 11.1. The van der Waals surface area contributed by atoms with Crippen molar-refractivity contribution in [3.63, 3.8) is 0 Å². The zero-order valence-corrected chi connectivity index (χ0v) is 14.7. The summed E-state index contributed by atoms with van der Waals surface area (Å²) in [6, 6.07) is 7.66. The van der Waals surface area contributed by atoms with Crippen molar-refractivity contribution in [2.75, 3.05) is 39.3 Å². The van der Waals surface area contributed by atoms with Crippen LogP contribution in [0.3, 0.4) is 0 Å². The van der Waals surface area contributed by atoms with Gasteiger partial charge in [0.15, 0.2) is 17.5 Å². The number of hydrogen-bond donors (Lipinski definition) is 2. The number of hydrogen-bond acceptors (Lipinski definition) is 4. The number of benzene rings is 1. The van der Waals surface area contributed by atoms with E-state index in [0.29, 0.717) is 6.54 Å². The highest BCUT2D eigenvalue weighted by Crippen LogP contribution is 2.26. The molecule has 22 heavy (non-hydrogen) atoms. The summed E-state index contributed by atoms with van der Waals surface area (Å²) >= 11 is 1.85. The SMILES string of the molecule is CN=C(NCCCSC)NCC(C)Oc1ccccc1OC. The highest BCUT2D eigenvalue weighted by molar-refractivity contribution is 7.98. The van der Waals surface area contributed by atoms with Crippen LogP contribution in [0, 0.1) is 0 Å². The summed E-state index contributed by atoms with van der Waals surface area (Å²) in [6.07, 6.45) is 3.24. The lowest BCUT2D eigenvalue weighted by atomic mass is 10.3. The largest absolute Gasteiger partial charge is 0.493 e. The number of guanidine groups is 1. The van der Waals surface area contributed by atoms with Gasteiger partial charge in [-0.1, -0.05) is 12.1 Å². The summed E-state index contributed by atoms with van der Waals surface area (Å²) in [5.41, 5.74) is 0. The summed E-state index contributed by atoms with van der Waals surface area (Å²) in [4.78, 5) is 4.21. The lowest BCUT2D eigenvalue weighted by molar-refractivity contribution is 0.213. The molecule has 0 spiro atoms. The average molecular weight is 325 g/mol. The van der Waals surface area contributed by atoms with E-state index < -0.39 is 0 Å². The van der Waals surface area contributed by atoms with E-state index in [1.165, 1.54) is 0 Å². The highest BCUT2D eigenvalue weighted by atomic mass is 32.2. The third kappa shape index (κ3) is 6.93. The van der Waals surface area contributed by atoms with Gasteiger partial charge in [0.25, 0.3) is 0 Å². The predicted molar refractivity (Wildman–Crippen MR) is 95.4 cm³/mol. The van der Waals surface area contributed by atoms with Crippen molar-refractivity contribution < 1.29 is 9.47 Å². The van der Waals surface area contributed by atoms with Crippen LogP contribution < -0.4 is 20.1 Å². The first-order valence-electron chi connectivity index (χ1n) is 7.44. The molecule has 124 valence electrons. The Morgan fingerprint density at radius 2 is 2.00 bits per heavy atom. The average Bonchev–Trinajstić information content (AvgIpc) is 2.54. The Balaban J connectivity index is 2.36. The quantitative estimate of drug-likeness (QED) is 0.415. The Kier molecular flexibility index (Phi) is 9.30. The number of nitrogens with one attached hydrogen (secondary N) is 2. The van der Waals surface area contributed by atoms with Crippen molar-refractivity contribution in [1.82, 2.24) is 10.6 Å². The fraction of sp³-hybridized carbons (Fsp3) is 0.562. The van der Waals surface area contributed by atoms with E-state index >= 15 is 0 Å². The van der Waals surface area contributed by atoms with Crippen LogP contribution in [-0.4, -0.2) is 51.3 Å². The predicted octanol–water partition coefficient (Wildman–Crippen LogP) is 2.38. The second-order valence-corrected chi connectivity index (χ2v) is 5.79. The van der Waals surface area contributed by atoms with Crippen LogP contribution >= 0.6 is 11.8 Å². The van der Waals surface area contributed by atoms with Crippen LogP contribution in [0.1, 0.15) is 13.3 Å². The van der Waals surface area contributed by atoms with E-state index in [0.717, 1.165) is 36.2 Å². The number of ether oxygens (including phenoxy) is 2. The highest BCUT2D eigenvalue weighted by Gasteiger charge is 2.09. The van der Waals surface area contributed by atoms with Gasteiger partial charge in [0.2, 0.25) is 0 Å². The summed E-state index contributed by atoms with van der Waals surface area (Å²) in [5, 5.41) is 6.56. The Morgan fingerprint density at radius 3 is 2.64 bits per heavy atom. The molecule has 0 saturated heterocycles. The molecule has 0 saturated carbocycles. The summed E-state index contributed by atoms with van der Waals surface area (Å²) in [6.45, 7) is 3.60. The van der Waals surface area contributed by atoms with Gasteiger partial charge in [-0.2, -0.15) is 11.8 Å². The number of para-hydroxylation sites is 2. The molecule has 0 fully saturated rings. The first kappa shape index (κ1) is 18.5. The molecule has 5 nitrogen and oxygen atoms in total. The van der Waals surface area contributed by atoms with Gasteiger partial charge in [-0.15, -0.1) is 0 Å².